The van der Waals surface area contributed by atoms with Crippen LogP contribution in [0.2, 0.25) is 0 Å². The third kappa shape index (κ3) is 3.24. The van der Waals surface area contributed by atoms with Crippen LogP contribution in [0, 0.1) is 0 Å². The van der Waals surface area contributed by atoms with Crippen LogP contribution in [0.4, 0.5) is 0 Å². The fourth-order valence-electron chi connectivity index (χ4n) is 3.61. The molecule has 0 radical (unpaired) electrons. The van der Waals surface area contributed by atoms with Gasteiger partial charge in [-0.05, 0) is 61.2 Å². The molecule has 0 unspecified atom stereocenters. The normalized spacial score (nSPS) is 17.5. The lowest BCUT2D eigenvalue weighted by Crippen LogP contribution is -2.30. The summed E-state index contributed by atoms with van der Waals surface area (Å²) in [5.41, 5.74) is 4.22. The van der Waals surface area contributed by atoms with E-state index in [0.29, 0.717) is 0 Å². The van der Waals surface area contributed by atoms with Crippen LogP contribution >= 0.6 is 11.8 Å². The molecule has 2 heterocycles. The van der Waals surface area contributed by atoms with Crippen molar-refractivity contribution in [3.63, 3.8) is 0 Å². The van der Waals surface area contributed by atoms with Gasteiger partial charge in [0, 0.05) is 16.3 Å². The van der Waals surface area contributed by atoms with Crippen molar-refractivity contribution in [1.82, 2.24) is 4.90 Å². The second-order valence-electron chi connectivity index (χ2n) is 6.40. The number of rotatable bonds is 3. The minimum absolute atomic E-state index is 1.14. The number of piperidine rings is 1. The quantitative estimate of drug-likeness (QED) is 0.630. The Morgan fingerprint density at radius 2 is 1.43 bits per heavy atom. The maximum atomic E-state index is 2.62. The Balaban J connectivity index is 1.60. The maximum absolute atomic E-state index is 2.62. The van der Waals surface area contributed by atoms with Gasteiger partial charge in [0.25, 0.3) is 0 Å². The summed E-state index contributed by atoms with van der Waals surface area (Å²) in [4.78, 5) is 5.39. The smallest absolute Gasteiger partial charge is 0.0201 e. The molecule has 1 saturated heterocycles. The summed E-state index contributed by atoms with van der Waals surface area (Å²) in [5, 5.41) is 0. The lowest BCUT2D eigenvalue weighted by atomic mass is 9.96. The first-order chi connectivity index (χ1) is 11.4. The van der Waals surface area contributed by atoms with Gasteiger partial charge >= 0.3 is 0 Å². The third-order valence-corrected chi connectivity index (χ3v) is 5.97. The molecule has 4 rings (SSSR count). The lowest BCUT2D eigenvalue weighted by molar-refractivity contribution is 0.233. The molecule has 0 aromatic heterocycles. The Morgan fingerprint density at radius 3 is 2.09 bits per heavy atom. The van der Waals surface area contributed by atoms with E-state index in [2.05, 4.69) is 59.5 Å². The molecule has 1 nitrogen and oxygen atoms in total. The van der Waals surface area contributed by atoms with Crippen molar-refractivity contribution >= 4 is 17.3 Å². The molecule has 2 aromatic rings. The summed E-state index contributed by atoms with van der Waals surface area (Å²) >= 11 is 1.90. The van der Waals surface area contributed by atoms with Crippen molar-refractivity contribution in [1.29, 1.82) is 0 Å². The van der Waals surface area contributed by atoms with Gasteiger partial charge in [-0.15, -0.1) is 0 Å². The Bertz CT molecular complexity index is 666. The van der Waals surface area contributed by atoms with Crippen molar-refractivity contribution in [3.8, 4) is 0 Å². The zero-order valence-corrected chi connectivity index (χ0v) is 14.3. The number of hydrogen-bond donors (Lipinski definition) is 0. The molecule has 0 bridgehead atoms. The minimum atomic E-state index is 1.14. The molecule has 0 amide bonds. The predicted octanol–water partition coefficient (Wildman–Crippen LogP) is 5.46. The molecule has 2 aliphatic rings. The number of fused-ring (bicyclic) bond motifs is 2. The molecule has 118 valence electrons. The van der Waals surface area contributed by atoms with E-state index in [1.54, 1.807) is 0 Å². The molecule has 1 fully saturated rings. The van der Waals surface area contributed by atoms with Crippen LogP contribution in [0.5, 0.6) is 0 Å². The van der Waals surface area contributed by atoms with Gasteiger partial charge in [0.2, 0.25) is 0 Å². The highest BCUT2D eigenvalue weighted by Gasteiger charge is 2.19. The van der Waals surface area contributed by atoms with Gasteiger partial charge in [-0.25, -0.2) is 0 Å². The summed E-state index contributed by atoms with van der Waals surface area (Å²) in [7, 11) is 0. The summed E-state index contributed by atoms with van der Waals surface area (Å²) < 4.78 is 0. The maximum Gasteiger partial charge on any atom is 0.0201 e. The molecule has 0 saturated carbocycles. The highest BCUT2D eigenvalue weighted by molar-refractivity contribution is 7.99. The van der Waals surface area contributed by atoms with Crippen molar-refractivity contribution in [2.45, 2.75) is 35.5 Å². The van der Waals surface area contributed by atoms with E-state index in [4.69, 9.17) is 0 Å². The number of benzene rings is 2. The SMILES string of the molecule is C(CCN1CCCCC1)=C1c2ccccc2Sc2ccccc21. The van der Waals surface area contributed by atoms with Crippen LogP contribution in [-0.2, 0) is 0 Å². The molecule has 2 aliphatic heterocycles. The van der Waals surface area contributed by atoms with Gasteiger partial charge in [-0.1, -0.05) is 60.7 Å². The minimum Gasteiger partial charge on any atom is -0.303 e. The highest BCUT2D eigenvalue weighted by Crippen LogP contribution is 2.45. The molecular weight excluding hydrogens is 298 g/mol. The van der Waals surface area contributed by atoms with E-state index in [0.717, 1.165) is 6.42 Å². The number of nitrogens with zero attached hydrogens (tertiary/aromatic N) is 1. The van der Waals surface area contributed by atoms with E-state index < -0.39 is 0 Å². The van der Waals surface area contributed by atoms with Crippen LogP contribution in [-0.4, -0.2) is 24.5 Å². The van der Waals surface area contributed by atoms with Crippen molar-refractivity contribution in [3.05, 3.63) is 65.7 Å². The molecule has 23 heavy (non-hydrogen) atoms. The first kappa shape index (κ1) is 15.0. The zero-order chi connectivity index (χ0) is 15.5. The van der Waals surface area contributed by atoms with Gasteiger partial charge in [0.1, 0.15) is 0 Å². The lowest BCUT2D eigenvalue weighted by Gasteiger charge is -2.26. The predicted molar refractivity (Wildman–Crippen MR) is 99.0 cm³/mol. The average molecular weight is 321 g/mol. The summed E-state index contributed by atoms with van der Waals surface area (Å²) in [6, 6.07) is 17.6. The van der Waals surface area contributed by atoms with Gasteiger partial charge in [0.15, 0.2) is 0 Å². The zero-order valence-electron chi connectivity index (χ0n) is 13.5. The van der Waals surface area contributed by atoms with Crippen molar-refractivity contribution in [2.75, 3.05) is 19.6 Å². The van der Waals surface area contributed by atoms with Gasteiger partial charge in [-0.3, -0.25) is 0 Å². The van der Waals surface area contributed by atoms with Crippen LogP contribution in [0.1, 0.15) is 36.8 Å². The molecule has 2 aromatic carbocycles. The summed E-state index contributed by atoms with van der Waals surface area (Å²) in [6.07, 6.45) is 7.77. The Hall–Kier alpha value is -1.51. The van der Waals surface area contributed by atoms with Crippen LogP contribution in [0.25, 0.3) is 5.57 Å². The molecule has 0 aliphatic carbocycles. The van der Waals surface area contributed by atoms with Gasteiger partial charge in [0.05, 0.1) is 0 Å². The molecule has 0 spiro atoms. The first-order valence-electron chi connectivity index (χ1n) is 8.71. The molecular formula is C21H23NS. The Morgan fingerprint density at radius 1 is 0.826 bits per heavy atom. The summed E-state index contributed by atoms with van der Waals surface area (Å²) in [5.74, 6) is 0. The van der Waals surface area contributed by atoms with E-state index in [1.807, 2.05) is 11.8 Å². The van der Waals surface area contributed by atoms with E-state index in [1.165, 1.54) is 65.4 Å². The fourth-order valence-corrected chi connectivity index (χ4v) is 4.72. The summed E-state index contributed by atoms with van der Waals surface area (Å²) in [6.45, 7) is 3.76. The van der Waals surface area contributed by atoms with Gasteiger partial charge < -0.3 is 4.90 Å². The Kier molecular flexibility index (Phi) is 4.54. The largest absolute Gasteiger partial charge is 0.303 e. The fraction of sp³-hybridized carbons (Fsp3) is 0.333. The topological polar surface area (TPSA) is 3.24 Å². The van der Waals surface area contributed by atoms with Crippen molar-refractivity contribution in [2.24, 2.45) is 0 Å². The van der Waals surface area contributed by atoms with Crippen LogP contribution in [0.15, 0.2) is 64.4 Å². The number of hydrogen-bond acceptors (Lipinski definition) is 2. The molecule has 0 N–H and O–H groups in total. The molecule has 2 heteroatoms. The van der Waals surface area contributed by atoms with Gasteiger partial charge in [-0.2, -0.15) is 0 Å². The number of likely N-dealkylation sites (tertiary alicyclic amines) is 1. The van der Waals surface area contributed by atoms with E-state index in [9.17, 15) is 0 Å². The monoisotopic (exact) mass is 321 g/mol. The van der Waals surface area contributed by atoms with Crippen LogP contribution < -0.4 is 0 Å². The third-order valence-electron chi connectivity index (χ3n) is 4.82. The second-order valence-corrected chi connectivity index (χ2v) is 7.49. The average Bonchev–Trinajstić information content (AvgIpc) is 2.62. The van der Waals surface area contributed by atoms with Crippen LogP contribution in [0.3, 0.4) is 0 Å². The highest BCUT2D eigenvalue weighted by atomic mass is 32.2. The second kappa shape index (κ2) is 6.94. The first-order valence-corrected chi connectivity index (χ1v) is 9.53. The Labute approximate surface area is 143 Å². The van der Waals surface area contributed by atoms with Crippen molar-refractivity contribution < 1.29 is 0 Å². The van der Waals surface area contributed by atoms with E-state index in [-0.39, 0.29) is 0 Å². The molecule has 0 atom stereocenters. The standard InChI is InChI=1S/C21H23NS/c1-6-14-22(15-7-1)16-8-11-17-18-9-2-4-12-20(18)23-21-13-5-3-10-19(17)21/h2-5,9-13H,1,6-8,14-16H2. The van der Waals surface area contributed by atoms with E-state index >= 15 is 0 Å².